The predicted octanol–water partition coefficient (Wildman–Crippen LogP) is 4.84. The molecule has 0 atom stereocenters. The third-order valence-corrected chi connectivity index (χ3v) is 2.99. The minimum Gasteiger partial charge on any atom is -0.289 e. The van der Waals surface area contributed by atoms with Crippen molar-refractivity contribution in [3.05, 3.63) is 89.0 Å². The van der Waals surface area contributed by atoms with E-state index in [1.807, 2.05) is 74.5 Å². The molecule has 0 bridgehead atoms. The summed E-state index contributed by atoms with van der Waals surface area (Å²) in [5.41, 5.74) is 4.02. The summed E-state index contributed by atoms with van der Waals surface area (Å²) < 4.78 is 0. The van der Waals surface area contributed by atoms with Crippen LogP contribution in [-0.2, 0) is 0 Å². The SMILES string of the molecule is CC(=C/c1ccccc1)/C=C/C(=O)c1cccc(C)c1. The standard InChI is InChI=1S/C19H18O/c1-15-7-6-10-18(14-15)19(20)12-11-16(2)13-17-8-4-3-5-9-17/h3-14H,1-2H3/b12-11+,16-13-. The molecule has 0 fully saturated rings. The Balaban J connectivity index is 2.09. The molecule has 20 heavy (non-hydrogen) atoms. The molecule has 0 aromatic heterocycles. The van der Waals surface area contributed by atoms with Gasteiger partial charge in [0, 0.05) is 5.56 Å². The number of rotatable bonds is 4. The fourth-order valence-electron chi connectivity index (χ4n) is 1.96. The normalized spacial score (nSPS) is 11.8. The Morgan fingerprint density at radius 1 is 0.950 bits per heavy atom. The van der Waals surface area contributed by atoms with E-state index >= 15 is 0 Å². The highest BCUT2D eigenvalue weighted by molar-refractivity contribution is 6.04. The van der Waals surface area contributed by atoms with Crippen LogP contribution in [0.5, 0.6) is 0 Å². The molecule has 0 saturated carbocycles. The molecule has 0 heterocycles. The molecule has 0 aliphatic carbocycles. The Hall–Kier alpha value is -2.41. The second-order valence-corrected chi connectivity index (χ2v) is 4.87. The van der Waals surface area contributed by atoms with Crippen LogP contribution in [0.3, 0.4) is 0 Å². The van der Waals surface area contributed by atoms with Crippen molar-refractivity contribution in [1.29, 1.82) is 0 Å². The van der Waals surface area contributed by atoms with Gasteiger partial charge in [-0.1, -0.05) is 71.8 Å². The number of benzene rings is 2. The van der Waals surface area contributed by atoms with Crippen LogP contribution in [0.4, 0.5) is 0 Å². The molecule has 2 aromatic carbocycles. The van der Waals surface area contributed by atoms with E-state index in [0.717, 1.165) is 22.3 Å². The molecule has 0 aliphatic rings. The van der Waals surface area contributed by atoms with Gasteiger partial charge in [-0.3, -0.25) is 4.79 Å². The Morgan fingerprint density at radius 3 is 2.40 bits per heavy atom. The smallest absolute Gasteiger partial charge is 0.185 e. The Kier molecular flexibility index (Phi) is 4.67. The number of carbonyl (C=O) groups excluding carboxylic acids is 1. The van der Waals surface area contributed by atoms with Crippen molar-refractivity contribution in [2.75, 3.05) is 0 Å². The van der Waals surface area contributed by atoms with Crippen LogP contribution in [0.1, 0.15) is 28.4 Å². The summed E-state index contributed by atoms with van der Waals surface area (Å²) in [4.78, 5) is 12.0. The molecule has 1 nitrogen and oxygen atoms in total. The molecule has 0 saturated heterocycles. The van der Waals surface area contributed by atoms with Crippen molar-refractivity contribution < 1.29 is 4.79 Å². The lowest BCUT2D eigenvalue weighted by molar-refractivity contribution is 0.104. The highest BCUT2D eigenvalue weighted by atomic mass is 16.1. The van der Waals surface area contributed by atoms with Crippen molar-refractivity contribution in [2.45, 2.75) is 13.8 Å². The van der Waals surface area contributed by atoms with E-state index in [1.165, 1.54) is 0 Å². The summed E-state index contributed by atoms with van der Waals surface area (Å²) in [5.74, 6) is 0.0366. The Bertz CT molecular complexity index is 648. The maximum Gasteiger partial charge on any atom is 0.185 e. The third-order valence-electron chi connectivity index (χ3n) is 2.99. The first-order chi connectivity index (χ1) is 9.65. The maximum atomic E-state index is 12.0. The van der Waals surface area contributed by atoms with E-state index in [9.17, 15) is 4.79 Å². The van der Waals surface area contributed by atoms with E-state index in [-0.39, 0.29) is 5.78 Å². The monoisotopic (exact) mass is 262 g/mol. The number of carbonyl (C=O) groups is 1. The quantitative estimate of drug-likeness (QED) is 0.438. The van der Waals surface area contributed by atoms with E-state index in [2.05, 4.69) is 6.08 Å². The van der Waals surface area contributed by atoms with Crippen molar-refractivity contribution >= 4 is 11.9 Å². The van der Waals surface area contributed by atoms with E-state index in [4.69, 9.17) is 0 Å². The zero-order valence-electron chi connectivity index (χ0n) is 11.8. The summed E-state index contributed by atoms with van der Waals surface area (Å²) in [5, 5.41) is 0. The van der Waals surface area contributed by atoms with Crippen LogP contribution in [0.25, 0.3) is 6.08 Å². The first kappa shape index (κ1) is 14.0. The zero-order valence-corrected chi connectivity index (χ0v) is 11.8. The molecule has 1 heteroatoms. The molecule has 2 rings (SSSR count). The van der Waals surface area contributed by atoms with Crippen LogP contribution >= 0.6 is 0 Å². The van der Waals surface area contributed by atoms with Gasteiger partial charge in [0.1, 0.15) is 0 Å². The number of aryl methyl sites for hydroxylation is 1. The van der Waals surface area contributed by atoms with Crippen LogP contribution in [0.15, 0.2) is 72.3 Å². The second-order valence-electron chi connectivity index (χ2n) is 4.87. The molecular formula is C19H18O. The van der Waals surface area contributed by atoms with Gasteiger partial charge in [-0.05, 0) is 31.6 Å². The van der Waals surface area contributed by atoms with Gasteiger partial charge in [0.05, 0.1) is 0 Å². The van der Waals surface area contributed by atoms with Gasteiger partial charge < -0.3 is 0 Å². The number of allylic oxidation sites excluding steroid dienone is 3. The lowest BCUT2D eigenvalue weighted by atomic mass is 10.1. The van der Waals surface area contributed by atoms with E-state index in [1.54, 1.807) is 6.08 Å². The lowest BCUT2D eigenvalue weighted by Crippen LogP contribution is -1.94. The molecule has 100 valence electrons. The number of ketones is 1. The lowest BCUT2D eigenvalue weighted by Gasteiger charge is -1.98. The number of hydrogen-bond donors (Lipinski definition) is 0. The summed E-state index contributed by atoms with van der Waals surface area (Å²) in [6.07, 6.45) is 5.54. The van der Waals surface area contributed by atoms with Gasteiger partial charge >= 0.3 is 0 Å². The van der Waals surface area contributed by atoms with Crippen LogP contribution in [-0.4, -0.2) is 5.78 Å². The highest BCUT2D eigenvalue weighted by Crippen LogP contribution is 2.09. The molecule has 0 aliphatic heterocycles. The first-order valence-electron chi connectivity index (χ1n) is 6.67. The summed E-state index contributed by atoms with van der Waals surface area (Å²) in [7, 11) is 0. The topological polar surface area (TPSA) is 17.1 Å². The van der Waals surface area contributed by atoms with Crippen LogP contribution in [0.2, 0.25) is 0 Å². The molecular weight excluding hydrogens is 244 g/mol. The molecule has 2 aromatic rings. The predicted molar refractivity (Wildman–Crippen MR) is 84.7 cm³/mol. The van der Waals surface area contributed by atoms with Gasteiger partial charge in [0.25, 0.3) is 0 Å². The van der Waals surface area contributed by atoms with Gasteiger partial charge in [0.15, 0.2) is 5.78 Å². The minimum atomic E-state index is 0.0366. The first-order valence-corrected chi connectivity index (χ1v) is 6.67. The van der Waals surface area contributed by atoms with Gasteiger partial charge in [-0.2, -0.15) is 0 Å². The van der Waals surface area contributed by atoms with E-state index in [0.29, 0.717) is 0 Å². The number of hydrogen-bond acceptors (Lipinski definition) is 1. The largest absolute Gasteiger partial charge is 0.289 e. The van der Waals surface area contributed by atoms with Crippen molar-refractivity contribution in [3.63, 3.8) is 0 Å². The average Bonchev–Trinajstić information content (AvgIpc) is 2.46. The average molecular weight is 262 g/mol. The summed E-state index contributed by atoms with van der Waals surface area (Å²) >= 11 is 0. The van der Waals surface area contributed by atoms with Crippen molar-refractivity contribution in [2.24, 2.45) is 0 Å². The van der Waals surface area contributed by atoms with Crippen LogP contribution < -0.4 is 0 Å². The van der Waals surface area contributed by atoms with Crippen LogP contribution in [0, 0.1) is 6.92 Å². The van der Waals surface area contributed by atoms with Gasteiger partial charge in [-0.15, -0.1) is 0 Å². The summed E-state index contributed by atoms with van der Waals surface area (Å²) in [6.45, 7) is 3.98. The Labute approximate surface area is 120 Å². The maximum absolute atomic E-state index is 12.0. The Morgan fingerprint density at radius 2 is 1.70 bits per heavy atom. The molecule has 0 amide bonds. The second kappa shape index (κ2) is 6.67. The molecule has 0 spiro atoms. The van der Waals surface area contributed by atoms with Gasteiger partial charge in [0.2, 0.25) is 0 Å². The molecule has 0 radical (unpaired) electrons. The molecule has 0 unspecified atom stereocenters. The third kappa shape index (κ3) is 4.06. The van der Waals surface area contributed by atoms with E-state index < -0.39 is 0 Å². The fourth-order valence-corrected chi connectivity index (χ4v) is 1.96. The summed E-state index contributed by atoms with van der Waals surface area (Å²) in [6, 6.07) is 17.7. The highest BCUT2D eigenvalue weighted by Gasteiger charge is 2.00. The fraction of sp³-hybridized carbons (Fsp3) is 0.105. The zero-order chi connectivity index (χ0) is 14.4. The molecule has 0 N–H and O–H groups in total. The van der Waals surface area contributed by atoms with Gasteiger partial charge in [-0.25, -0.2) is 0 Å². The van der Waals surface area contributed by atoms with Crippen molar-refractivity contribution in [3.8, 4) is 0 Å². The van der Waals surface area contributed by atoms with Crippen molar-refractivity contribution in [1.82, 2.24) is 0 Å². The minimum absolute atomic E-state index is 0.0366.